The van der Waals surface area contributed by atoms with E-state index >= 15 is 0 Å². The summed E-state index contributed by atoms with van der Waals surface area (Å²) in [6, 6.07) is 35.3. The molecular weight excluding hydrogens is 550 g/mol. The molecule has 5 rings (SSSR count). The maximum Gasteiger partial charge on any atom is 0.307 e. The molecule has 0 saturated heterocycles. The third-order valence-corrected chi connectivity index (χ3v) is 7.15. The Morgan fingerprint density at radius 2 is 1.43 bits per heavy atom. The fraction of sp³-hybridized carbons (Fsp3) is 0.135. The van der Waals surface area contributed by atoms with Crippen LogP contribution in [0.5, 0.6) is 11.8 Å². The summed E-state index contributed by atoms with van der Waals surface area (Å²) in [5.41, 5.74) is 8.86. The van der Waals surface area contributed by atoms with Gasteiger partial charge in [-0.05, 0) is 59.0 Å². The van der Waals surface area contributed by atoms with Crippen molar-refractivity contribution in [2.24, 2.45) is 0 Å². The SMILES string of the molecule is C=C(c1ccc(Nc2ccc(CC(=O)O)cc2C)cc1NC)c1ccc(OCc2ccccc2)nc1OCc1ccccc1. The Kier molecular flexibility index (Phi) is 9.57. The third kappa shape index (κ3) is 7.63. The van der Waals surface area contributed by atoms with Gasteiger partial charge < -0.3 is 25.2 Å². The lowest BCUT2D eigenvalue weighted by molar-refractivity contribution is -0.136. The van der Waals surface area contributed by atoms with Gasteiger partial charge in [0.15, 0.2) is 0 Å². The minimum absolute atomic E-state index is 0.00608. The molecule has 222 valence electrons. The van der Waals surface area contributed by atoms with Crippen LogP contribution in [0.3, 0.4) is 0 Å². The molecule has 0 saturated carbocycles. The molecule has 7 heteroatoms. The third-order valence-electron chi connectivity index (χ3n) is 7.15. The first kappa shape index (κ1) is 29.9. The van der Waals surface area contributed by atoms with Crippen LogP contribution in [0.25, 0.3) is 5.57 Å². The van der Waals surface area contributed by atoms with Crippen molar-refractivity contribution in [2.45, 2.75) is 26.6 Å². The van der Waals surface area contributed by atoms with Gasteiger partial charge in [-0.1, -0.05) is 85.4 Å². The molecule has 0 spiro atoms. The number of anilines is 3. The monoisotopic (exact) mass is 585 g/mol. The molecule has 1 heterocycles. The van der Waals surface area contributed by atoms with Gasteiger partial charge in [-0.25, -0.2) is 0 Å². The number of hydrogen-bond acceptors (Lipinski definition) is 6. The van der Waals surface area contributed by atoms with Crippen molar-refractivity contribution in [2.75, 3.05) is 17.7 Å². The molecule has 0 aliphatic rings. The quantitative estimate of drug-likeness (QED) is 0.129. The average molecular weight is 586 g/mol. The molecule has 0 atom stereocenters. The molecule has 0 unspecified atom stereocenters. The van der Waals surface area contributed by atoms with Gasteiger partial charge >= 0.3 is 5.97 Å². The first-order chi connectivity index (χ1) is 21.4. The van der Waals surface area contributed by atoms with Gasteiger partial charge in [-0.3, -0.25) is 4.79 Å². The summed E-state index contributed by atoms with van der Waals surface area (Å²) in [4.78, 5) is 15.8. The molecular formula is C37H35N3O4. The van der Waals surface area contributed by atoms with E-state index in [1.165, 1.54) is 0 Å². The number of benzene rings is 4. The number of aryl methyl sites for hydroxylation is 1. The largest absolute Gasteiger partial charge is 0.481 e. The van der Waals surface area contributed by atoms with Gasteiger partial charge in [0, 0.05) is 41.3 Å². The van der Waals surface area contributed by atoms with E-state index in [0.29, 0.717) is 25.0 Å². The Balaban J connectivity index is 1.39. The normalized spacial score (nSPS) is 10.6. The van der Waals surface area contributed by atoms with Gasteiger partial charge in [0.1, 0.15) is 13.2 Å². The highest BCUT2D eigenvalue weighted by Gasteiger charge is 2.17. The number of hydrogen-bond donors (Lipinski definition) is 3. The molecule has 0 radical (unpaired) electrons. The van der Waals surface area contributed by atoms with Crippen molar-refractivity contribution in [3.05, 3.63) is 149 Å². The average Bonchev–Trinajstić information content (AvgIpc) is 3.04. The Morgan fingerprint density at radius 1 is 0.773 bits per heavy atom. The Morgan fingerprint density at radius 3 is 2.07 bits per heavy atom. The lowest BCUT2D eigenvalue weighted by Gasteiger charge is -2.18. The number of aromatic nitrogens is 1. The van der Waals surface area contributed by atoms with Crippen molar-refractivity contribution in [3.8, 4) is 11.8 Å². The highest BCUT2D eigenvalue weighted by molar-refractivity contribution is 5.88. The second kappa shape index (κ2) is 14.1. The molecule has 0 aliphatic carbocycles. The predicted molar refractivity (Wildman–Crippen MR) is 176 cm³/mol. The zero-order chi connectivity index (χ0) is 30.9. The summed E-state index contributed by atoms with van der Waals surface area (Å²) >= 11 is 0. The van der Waals surface area contributed by atoms with E-state index in [0.717, 1.165) is 56.0 Å². The van der Waals surface area contributed by atoms with E-state index in [9.17, 15) is 4.79 Å². The number of nitrogens with one attached hydrogen (secondary N) is 2. The van der Waals surface area contributed by atoms with Gasteiger partial charge in [-0.2, -0.15) is 4.98 Å². The fourth-order valence-electron chi connectivity index (χ4n) is 4.84. The van der Waals surface area contributed by atoms with E-state index < -0.39 is 5.97 Å². The zero-order valence-corrected chi connectivity index (χ0v) is 24.8. The van der Waals surface area contributed by atoms with Gasteiger partial charge in [0.2, 0.25) is 11.8 Å². The van der Waals surface area contributed by atoms with Crippen LogP contribution in [0.1, 0.15) is 33.4 Å². The van der Waals surface area contributed by atoms with E-state index in [4.69, 9.17) is 19.6 Å². The minimum Gasteiger partial charge on any atom is -0.481 e. The zero-order valence-electron chi connectivity index (χ0n) is 24.8. The number of carboxylic acid groups (broad SMARTS) is 1. The van der Waals surface area contributed by atoms with E-state index in [1.54, 1.807) is 0 Å². The van der Waals surface area contributed by atoms with Crippen LogP contribution in [-0.4, -0.2) is 23.1 Å². The minimum atomic E-state index is -0.849. The molecule has 0 fully saturated rings. The number of aliphatic carboxylic acids is 1. The summed E-state index contributed by atoms with van der Waals surface area (Å²) in [6.45, 7) is 7.14. The highest BCUT2D eigenvalue weighted by Crippen LogP contribution is 2.36. The molecule has 0 bridgehead atoms. The molecule has 4 aromatic carbocycles. The molecule has 7 nitrogen and oxygen atoms in total. The maximum absolute atomic E-state index is 11.1. The van der Waals surface area contributed by atoms with Crippen molar-refractivity contribution in [3.63, 3.8) is 0 Å². The predicted octanol–water partition coefficient (Wildman–Crippen LogP) is 8.02. The van der Waals surface area contributed by atoms with Crippen LogP contribution in [0.2, 0.25) is 0 Å². The first-order valence-corrected chi connectivity index (χ1v) is 14.3. The van der Waals surface area contributed by atoms with Crippen LogP contribution >= 0.6 is 0 Å². The molecule has 5 aromatic rings. The Bertz CT molecular complexity index is 1750. The van der Waals surface area contributed by atoms with Crippen molar-refractivity contribution >= 4 is 28.6 Å². The maximum atomic E-state index is 11.1. The summed E-state index contributed by atoms with van der Waals surface area (Å²) in [5, 5.41) is 15.8. The van der Waals surface area contributed by atoms with Gasteiger partial charge in [0.05, 0.1) is 6.42 Å². The number of carboxylic acids is 1. The molecule has 44 heavy (non-hydrogen) atoms. The lowest BCUT2D eigenvalue weighted by atomic mass is 9.98. The molecule has 0 aliphatic heterocycles. The molecule has 1 aromatic heterocycles. The lowest BCUT2D eigenvalue weighted by Crippen LogP contribution is -2.05. The second-order valence-electron chi connectivity index (χ2n) is 10.4. The standard InChI is InChI=1S/C37H35N3O4/c1-25-20-29(21-36(41)42)14-18-33(25)39-30-15-16-31(34(22-30)38-3)26(2)32-17-19-35(43-23-27-10-6-4-7-11-27)40-37(32)44-24-28-12-8-5-9-13-28/h4-20,22,38-39H,2,21,23-24H2,1,3H3,(H,41,42). The smallest absolute Gasteiger partial charge is 0.307 e. The van der Waals surface area contributed by atoms with Crippen molar-refractivity contribution in [1.82, 2.24) is 4.98 Å². The number of carbonyl (C=O) groups is 1. The van der Waals surface area contributed by atoms with Crippen LogP contribution in [0.15, 0.2) is 116 Å². The fourth-order valence-corrected chi connectivity index (χ4v) is 4.84. The summed E-state index contributed by atoms with van der Waals surface area (Å²) < 4.78 is 12.3. The van der Waals surface area contributed by atoms with Gasteiger partial charge in [0.25, 0.3) is 0 Å². The highest BCUT2D eigenvalue weighted by atomic mass is 16.5. The second-order valence-corrected chi connectivity index (χ2v) is 10.4. The number of rotatable bonds is 13. The number of ether oxygens (including phenoxy) is 2. The molecule has 0 amide bonds. The van der Waals surface area contributed by atoms with Crippen LogP contribution in [0.4, 0.5) is 17.1 Å². The van der Waals surface area contributed by atoms with Crippen LogP contribution in [0, 0.1) is 6.92 Å². The van der Waals surface area contributed by atoms with Crippen LogP contribution < -0.4 is 20.1 Å². The summed E-state index contributed by atoms with van der Waals surface area (Å²) in [6.07, 6.45) is -0.00608. The Labute approximate surface area is 257 Å². The van der Waals surface area contributed by atoms with Crippen molar-refractivity contribution < 1.29 is 19.4 Å². The first-order valence-electron chi connectivity index (χ1n) is 14.3. The van der Waals surface area contributed by atoms with Gasteiger partial charge in [-0.15, -0.1) is 0 Å². The van der Waals surface area contributed by atoms with E-state index in [1.807, 2.05) is 123 Å². The summed E-state index contributed by atoms with van der Waals surface area (Å²) in [7, 11) is 1.87. The van der Waals surface area contributed by atoms with Crippen LogP contribution in [-0.2, 0) is 24.4 Å². The van der Waals surface area contributed by atoms with Crippen molar-refractivity contribution in [1.29, 1.82) is 0 Å². The van der Waals surface area contributed by atoms with E-state index in [-0.39, 0.29) is 6.42 Å². The Hall–Kier alpha value is -5.56. The topological polar surface area (TPSA) is 92.7 Å². The summed E-state index contributed by atoms with van der Waals surface area (Å²) in [5.74, 6) is 0.0510. The van der Waals surface area contributed by atoms with E-state index in [2.05, 4.69) is 17.2 Å². The molecule has 3 N–H and O–H groups in total. The number of nitrogens with zero attached hydrogens (tertiary/aromatic N) is 1. The number of pyridine rings is 1.